The second kappa shape index (κ2) is 4.82. The second-order valence-corrected chi connectivity index (χ2v) is 4.80. The number of aromatic carboxylic acids is 1. The molecule has 1 aromatic heterocycles. The van der Waals surface area contributed by atoms with Gasteiger partial charge in [-0.05, 0) is 32.6 Å². The number of nitrogens with zero attached hydrogens (tertiary/aromatic N) is 2. The summed E-state index contributed by atoms with van der Waals surface area (Å²) in [6, 6.07) is 7.68. The highest BCUT2D eigenvalue weighted by Crippen LogP contribution is 2.23. The van der Waals surface area contributed by atoms with E-state index in [1.54, 1.807) is 6.07 Å². The summed E-state index contributed by atoms with van der Waals surface area (Å²) in [6.45, 7) is 3.52. The van der Waals surface area contributed by atoms with Gasteiger partial charge in [-0.25, -0.2) is 4.79 Å². The van der Waals surface area contributed by atoms with Gasteiger partial charge < -0.3 is 14.6 Å². The van der Waals surface area contributed by atoms with Crippen molar-refractivity contribution in [3.8, 4) is 0 Å². The molecule has 2 aromatic rings. The van der Waals surface area contributed by atoms with Crippen LogP contribution in [0.3, 0.4) is 0 Å². The van der Waals surface area contributed by atoms with Crippen molar-refractivity contribution in [1.29, 1.82) is 0 Å². The van der Waals surface area contributed by atoms with Crippen LogP contribution in [0, 0.1) is 6.92 Å². The van der Waals surface area contributed by atoms with Gasteiger partial charge in [-0.2, -0.15) is 0 Å². The van der Waals surface area contributed by atoms with Gasteiger partial charge in [-0.1, -0.05) is 18.2 Å². The first-order chi connectivity index (χ1) is 8.50. The lowest BCUT2D eigenvalue weighted by molar-refractivity contribution is 0.0685. The molecule has 0 amide bonds. The molecule has 96 valence electrons. The molecular weight excluding hydrogens is 228 g/mol. The van der Waals surface area contributed by atoms with E-state index < -0.39 is 5.97 Å². The molecular formula is C14H18N2O2. The standard InChI is InChI=1S/C14H18N2O2/c1-10-5-4-6-11-9-12(14(17)18)16(13(10)11)8-7-15(2)3/h4-6,9H,7-8H2,1-3H3,(H,17,18). The fraction of sp³-hybridized carbons (Fsp3) is 0.357. The molecule has 4 heteroatoms. The van der Waals surface area contributed by atoms with Gasteiger partial charge in [-0.3, -0.25) is 0 Å². The van der Waals surface area contributed by atoms with Crippen LogP contribution in [-0.2, 0) is 6.54 Å². The van der Waals surface area contributed by atoms with Gasteiger partial charge in [0.2, 0.25) is 0 Å². The predicted molar refractivity (Wildman–Crippen MR) is 72.2 cm³/mol. The third-order valence-corrected chi connectivity index (χ3v) is 3.11. The Balaban J connectivity index is 2.57. The van der Waals surface area contributed by atoms with E-state index in [9.17, 15) is 9.90 Å². The van der Waals surface area contributed by atoms with Crippen LogP contribution in [0.15, 0.2) is 24.3 Å². The molecule has 2 rings (SSSR count). The SMILES string of the molecule is Cc1cccc2cc(C(=O)O)n(CCN(C)C)c12. The molecule has 0 saturated heterocycles. The number of hydrogen-bond acceptors (Lipinski definition) is 2. The quantitative estimate of drug-likeness (QED) is 0.899. The minimum Gasteiger partial charge on any atom is -0.477 e. The predicted octanol–water partition coefficient (Wildman–Crippen LogP) is 2.21. The Morgan fingerprint density at radius 2 is 2.11 bits per heavy atom. The Labute approximate surface area is 106 Å². The van der Waals surface area contributed by atoms with Gasteiger partial charge in [0.15, 0.2) is 0 Å². The van der Waals surface area contributed by atoms with Crippen molar-refractivity contribution < 1.29 is 9.90 Å². The average molecular weight is 246 g/mol. The maximum atomic E-state index is 11.3. The number of aromatic nitrogens is 1. The van der Waals surface area contributed by atoms with Crippen molar-refractivity contribution in [2.45, 2.75) is 13.5 Å². The highest BCUT2D eigenvalue weighted by atomic mass is 16.4. The minimum absolute atomic E-state index is 0.362. The van der Waals surface area contributed by atoms with Gasteiger partial charge in [0.1, 0.15) is 5.69 Å². The van der Waals surface area contributed by atoms with Gasteiger partial charge >= 0.3 is 5.97 Å². The van der Waals surface area contributed by atoms with Crippen LogP contribution in [0.2, 0.25) is 0 Å². The third kappa shape index (κ3) is 2.24. The fourth-order valence-corrected chi connectivity index (χ4v) is 2.22. The van der Waals surface area contributed by atoms with E-state index in [1.165, 1.54) is 0 Å². The van der Waals surface area contributed by atoms with E-state index in [-0.39, 0.29) is 0 Å². The van der Waals surface area contributed by atoms with E-state index in [1.807, 2.05) is 43.8 Å². The molecule has 18 heavy (non-hydrogen) atoms. The summed E-state index contributed by atoms with van der Waals surface area (Å²) in [4.78, 5) is 13.4. The summed E-state index contributed by atoms with van der Waals surface area (Å²) >= 11 is 0. The summed E-state index contributed by atoms with van der Waals surface area (Å²) < 4.78 is 1.90. The number of rotatable bonds is 4. The van der Waals surface area contributed by atoms with E-state index in [4.69, 9.17) is 0 Å². The third-order valence-electron chi connectivity index (χ3n) is 3.11. The maximum absolute atomic E-state index is 11.3. The van der Waals surface area contributed by atoms with Gasteiger partial charge in [-0.15, -0.1) is 0 Å². The zero-order valence-electron chi connectivity index (χ0n) is 11.0. The molecule has 0 bridgehead atoms. The first-order valence-electron chi connectivity index (χ1n) is 5.97. The van der Waals surface area contributed by atoms with Crippen molar-refractivity contribution in [2.24, 2.45) is 0 Å². The lowest BCUT2D eigenvalue weighted by atomic mass is 10.2. The Hall–Kier alpha value is -1.81. The maximum Gasteiger partial charge on any atom is 0.352 e. The van der Waals surface area contributed by atoms with Crippen LogP contribution >= 0.6 is 0 Å². The molecule has 0 aliphatic heterocycles. The Kier molecular flexibility index (Phi) is 3.39. The molecule has 0 fully saturated rings. The number of benzene rings is 1. The molecule has 1 aromatic carbocycles. The number of likely N-dealkylation sites (N-methyl/N-ethyl adjacent to an activating group) is 1. The Morgan fingerprint density at radius 1 is 1.39 bits per heavy atom. The smallest absolute Gasteiger partial charge is 0.352 e. The van der Waals surface area contributed by atoms with Crippen LogP contribution < -0.4 is 0 Å². The zero-order valence-corrected chi connectivity index (χ0v) is 11.0. The van der Waals surface area contributed by atoms with Crippen molar-refractivity contribution in [2.75, 3.05) is 20.6 Å². The molecule has 0 radical (unpaired) electrons. The molecule has 1 N–H and O–H groups in total. The van der Waals surface area contributed by atoms with Crippen LogP contribution in [0.5, 0.6) is 0 Å². The number of carboxylic acids is 1. The average Bonchev–Trinajstić information content (AvgIpc) is 2.66. The van der Waals surface area contributed by atoms with Crippen LogP contribution in [0.1, 0.15) is 16.1 Å². The van der Waals surface area contributed by atoms with E-state index in [2.05, 4.69) is 4.90 Å². The summed E-state index contributed by atoms with van der Waals surface area (Å²) in [5.41, 5.74) is 2.50. The highest BCUT2D eigenvalue weighted by molar-refractivity contribution is 5.95. The van der Waals surface area contributed by atoms with Gasteiger partial charge in [0.25, 0.3) is 0 Å². The van der Waals surface area contributed by atoms with E-state index >= 15 is 0 Å². The first-order valence-corrected chi connectivity index (χ1v) is 5.97. The molecule has 0 aliphatic rings. The number of carbonyl (C=O) groups is 1. The molecule has 1 heterocycles. The summed E-state index contributed by atoms with van der Waals surface area (Å²) in [5.74, 6) is -0.871. The number of fused-ring (bicyclic) bond motifs is 1. The van der Waals surface area contributed by atoms with Crippen LogP contribution in [-0.4, -0.2) is 41.2 Å². The number of aryl methyl sites for hydroxylation is 1. The molecule has 0 unspecified atom stereocenters. The topological polar surface area (TPSA) is 45.5 Å². The van der Waals surface area contributed by atoms with Crippen molar-refractivity contribution in [1.82, 2.24) is 9.47 Å². The largest absolute Gasteiger partial charge is 0.477 e. The zero-order chi connectivity index (χ0) is 13.3. The van der Waals surface area contributed by atoms with Gasteiger partial charge in [0.05, 0.1) is 5.52 Å². The van der Waals surface area contributed by atoms with Crippen molar-refractivity contribution in [3.63, 3.8) is 0 Å². The summed E-state index contributed by atoms with van der Waals surface area (Å²) in [7, 11) is 3.97. The lowest BCUT2D eigenvalue weighted by Gasteiger charge is -2.13. The Bertz CT molecular complexity index is 585. The normalized spacial score (nSPS) is 11.3. The second-order valence-electron chi connectivity index (χ2n) is 4.80. The molecule has 0 spiro atoms. The monoisotopic (exact) mass is 246 g/mol. The lowest BCUT2D eigenvalue weighted by Crippen LogP contribution is -2.20. The molecule has 4 nitrogen and oxygen atoms in total. The first kappa shape index (κ1) is 12.6. The summed E-state index contributed by atoms with van der Waals surface area (Å²) in [6.07, 6.45) is 0. The van der Waals surface area contributed by atoms with Crippen molar-refractivity contribution in [3.05, 3.63) is 35.5 Å². The molecule has 0 saturated carbocycles. The van der Waals surface area contributed by atoms with Gasteiger partial charge in [0, 0.05) is 18.5 Å². The Morgan fingerprint density at radius 3 is 2.72 bits per heavy atom. The molecule has 0 atom stereocenters. The van der Waals surface area contributed by atoms with Crippen molar-refractivity contribution >= 4 is 16.9 Å². The van der Waals surface area contributed by atoms with E-state index in [0.717, 1.165) is 23.0 Å². The summed E-state index contributed by atoms with van der Waals surface area (Å²) in [5, 5.41) is 10.3. The highest BCUT2D eigenvalue weighted by Gasteiger charge is 2.15. The number of hydrogen-bond donors (Lipinski definition) is 1. The number of carboxylic acid groups (broad SMARTS) is 1. The van der Waals surface area contributed by atoms with Crippen LogP contribution in [0.25, 0.3) is 10.9 Å². The number of para-hydroxylation sites is 1. The van der Waals surface area contributed by atoms with Crippen LogP contribution in [0.4, 0.5) is 0 Å². The fourth-order valence-electron chi connectivity index (χ4n) is 2.22. The molecule has 0 aliphatic carbocycles. The minimum atomic E-state index is -0.871. The van der Waals surface area contributed by atoms with E-state index in [0.29, 0.717) is 12.2 Å².